The summed E-state index contributed by atoms with van der Waals surface area (Å²) in [6.45, 7) is 2.72. The van der Waals surface area contributed by atoms with Crippen LogP contribution in [0, 0.1) is 5.92 Å². The fraction of sp³-hybridized carbons (Fsp3) is 0.538. The second kappa shape index (κ2) is 4.02. The molecule has 1 fully saturated rings. The Bertz CT molecular complexity index is 405. The number of benzene rings is 1. The van der Waals surface area contributed by atoms with Crippen LogP contribution in [0.25, 0.3) is 0 Å². The monoisotopic (exact) mass is 238 g/mol. The quantitative estimate of drug-likeness (QED) is 0.787. The standard InChI is InChI=1S/C13H15ClO2/c1-2-15-12-6-9-5-8-3-4-10(14)7-11(8)13(9)16-12/h3-4,7,9,12-13H,2,5-6H2,1H3/t9-,12?,13+/m0/s1. The average Bonchev–Trinajstić information content (AvgIpc) is 2.76. The summed E-state index contributed by atoms with van der Waals surface area (Å²) >= 11 is 6.02. The van der Waals surface area contributed by atoms with Crippen molar-refractivity contribution in [2.75, 3.05) is 6.61 Å². The summed E-state index contributed by atoms with van der Waals surface area (Å²) in [5.41, 5.74) is 2.65. The summed E-state index contributed by atoms with van der Waals surface area (Å²) in [6.07, 6.45) is 2.28. The molecule has 3 heteroatoms. The molecule has 1 unspecified atom stereocenters. The van der Waals surface area contributed by atoms with Gasteiger partial charge >= 0.3 is 0 Å². The Morgan fingerprint density at radius 2 is 2.38 bits per heavy atom. The van der Waals surface area contributed by atoms with E-state index in [9.17, 15) is 0 Å². The Morgan fingerprint density at radius 3 is 3.19 bits per heavy atom. The van der Waals surface area contributed by atoms with Gasteiger partial charge in [-0.25, -0.2) is 0 Å². The molecule has 2 nitrogen and oxygen atoms in total. The second-order valence-corrected chi connectivity index (χ2v) is 4.92. The predicted molar refractivity (Wildman–Crippen MR) is 62.5 cm³/mol. The van der Waals surface area contributed by atoms with Crippen molar-refractivity contribution in [2.24, 2.45) is 5.92 Å². The van der Waals surface area contributed by atoms with Gasteiger partial charge < -0.3 is 9.47 Å². The molecule has 0 amide bonds. The lowest BCUT2D eigenvalue weighted by molar-refractivity contribution is -0.131. The molecule has 3 rings (SSSR count). The third-order valence-electron chi connectivity index (χ3n) is 3.47. The highest BCUT2D eigenvalue weighted by molar-refractivity contribution is 6.30. The first-order valence-electron chi connectivity index (χ1n) is 5.83. The number of ether oxygens (including phenoxy) is 2. The van der Waals surface area contributed by atoms with E-state index in [4.69, 9.17) is 21.1 Å². The summed E-state index contributed by atoms with van der Waals surface area (Å²) < 4.78 is 11.5. The van der Waals surface area contributed by atoms with E-state index >= 15 is 0 Å². The van der Waals surface area contributed by atoms with E-state index in [1.807, 2.05) is 19.1 Å². The van der Waals surface area contributed by atoms with Gasteiger partial charge in [-0.3, -0.25) is 0 Å². The molecule has 86 valence electrons. The molecule has 0 radical (unpaired) electrons. The van der Waals surface area contributed by atoms with Crippen molar-refractivity contribution in [1.29, 1.82) is 0 Å². The summed E-state index contributed by atoms with van der Waals surface area (Å²) in [7, 11) is 0. The van der Waals surface area contributed by atoms with Gasteiger partial charge in [0.15, 0.2) is 6.29 Å². The molecule has 0 spiro atoms. The van der Waals surface area contributed by atoms with Crippen LogP contribution in [0.15, 0.2) is 18.2 Å². The Kier molecular flexibility index (Phi) is 2.66. The Labute approximate surface area is 101 Å². The van der Waals surface area contributed by atoms with Gasteiger partial charge in [0.25, 0.3) is 0 Å². The fourth-order valence-corrected chi connectivity index (χ4v) is 2.99. The van der Waals surface area contributed by atoms with Crippen LogP contribution in [0.2, 0.25) is 5.02 Å². The van der Waals surface area contributed by atoms with Crippen molar-refractivity contribution in [3.63, 3.8) is 0 Å². The van der Waals surface area contributed by atoms with Crippen molar-refractivity contribution in [1.82, 2.24) is 0 Å². The number of rotatable bonds is 2. The third kappa shape index (κ3) is 1.65. The molecular formula is C13H15ClO2. The van der Waals surface area contributed by atoms with Crippen molar-refractivity contribution < 1.29 is 9.47 Å². The van der Waals surface area contributed by atoms with Gasteiger partial charge in [0.05, 0.1) is 6.10 Å². The minimum Gasteiger partial charge on any atom is -0.353 e. The van der Waals surface area contributed by atoms with Crippen LogP contribution in [0.1, 0.15) is 30.6 Å². The molecule has 0 bridgehead atoms. The van der Waals surface area contributed by atoms with Gasteiger partial charge in [0.2, 0.25) is 0 Å². The normalized spacial score (nSPS) is 31.5. The summed E-state index contributed by atoms with van der Waals surface area (Å²) in [4.78, 5) is 0. The van der Waals surface area contributed by atoms with E-state index in [0.29, 0.717) is 12.5 Å². The van der Waals surface area contributed by atoms with E-state index in [1.54, 1.807) is 0 Å². The Morgan fingerprint density at radius 1 is 1.50 bits per heavy atom. The molecular weight excluding hydrogens is 224 g/mol. The SMILES string of the molecule is CCOC1C[C@@H]2Cc3ccc(Cl)cc3[C@@H]2O1. The number of fused-ring (bicyclic) bond motifs is 3. The van der Waals surface area contributed by atoms with E-state index in [2.05, 4.69) is 6.07 Å². The highest BCUT2D eigenvalue weighted by Gasteiger charge is 2.42. The summed E-state index contributed by atoms with van der Waals surface area (Å²) in [5.74, 6) is 0.574. The topological polar surface area (TPSA) is 18.5 Å². The molecule has 1 aliphatic heterocycles. The molecule has 3 atom stereocenters. The van der Waals surface area contributed by atoms with Crippen LogP contribution in [0.4, 0.5) is 0 Å². The maximum atomic E-state index is 6.02. The molecule has 0 N–H and O–H groups in total. The lowest BCUT2D eigenvalue weighted by Crippen LogP contribution is -2.11. The van der Waals surface area contributed by atoms with E-state index in [-0.39, 0.29) is 12.4 Å². The third-order valence-corrected chi connectivity index (χ3v) is 3.71. The van der Waals surface area contributed by atoms with Crippen molar-refractivity contribution in [3.05, 3.63) is 34.3 Å². The van der Waals surface area contributed by atoms with Crippen LogP contribution in [0.3, 0.4) is 0 Å². The zero-order valence-corrected chi connectivity index (χ0v) is 10.0. The Hall–Kier alpha value is -0.570. The fourth-order valence-electron chi connectivity index (χ4n) is 2.81. The average molecular weight is 239 g/mol. The maximum Gasteiger partial charge on any atom is 0.158 e. The first-order chi connectivity index (χ1) is 7.78. The lowest BCUT2D eigenvalue weighted by atomic mass is 10.0. The smallest absolute Gasteiger partial charge is 0.158 e. The van der Waals surface area contributed by atoms with Gasteiger partial charge in [0.1, 0.15) is 0 Å². The van der Waals surface area contributed by atoms with Crippen LogP contribution < -0.4 is 0 Å². The van der Waals surface area contributed by atoms with Gasteiger partial charge in [-0.15, -0.1) is 0 Å². The van der Waals surface area contributed by atoms with Crippen LogP contribution in [-0.4, -0.2) is 12.9 Å². The minimum atomic E-state index is -0.0212. The second-order valence-electron chi connectivity index (χ2n) is 4.48. The predicted octanol–water partition coefficient (Wildman–Crippen LogP) is 3.34. The number of halogens is 1. The zero-order valence-electron chi connectivity index (χ0n) is 9.28. The molecule has 2 aliphatic rings. The van der Waals surface area contributed by atoms with Crippen LogP contribution in [-0.2, 0) is 15.9 Å². The molecule has 1 aromatic rings. The van der Waals surface area contributed by atoms with E-state index in [0.717, 1.165) is 17.9 Å². The highest BCUT2D eigenvalue weighted by Crippen LogP contribution is 2.47. The summed E-state index contributed by atoms with van der Waals surface area (Å²) in [6, 6.07) is 6.12. The molecule has 1 aliphatic carbocycles. The molecule has 1 saturated heterocycles. The van der Waals surface area contributed by atoms with Crippen LogP contribution in [0.5, 0.6) is 0 Å². The molecule has 0 saturated carbocycles. The van der Waals surface area contributed by atoms with Gasteiger partial charge in [-0.05, 0) is 42.5 Å². The molecule has 1 heterocycles. The molecule has 16 heavy (non-hydrogen) atoms. The highest BCUT2D eigenvalue weighted by atomic mass is 35.5. The molecule has 0 aromatic heterocycles. The van der Waals surface area contributed by atoms with Crippen molar-refractivity contribution in [2.45, 2.75) is 32.2 Å². The lowest BCUT2D eigenvalue weighted by Gasteiger charge is -2.13. The van der Waals surface area contributed by atoms with Gasteiger partial charge in [-0.1, -0.05) is 17.7 Å². The number of hydrogen-bond acceptors (Lipinski definition) is 2. The van der Waals surface area contributed by atoms with Gasteiger partial charge in [0, 0.05) is 18.1 Å². The van der Waals surface area contributed by atoms with Crippen molar-refractivity contribution in [3.8, 4) is 0 Å². The first-order valence-corrected chi connectivity index (χ1v) is 6.21. The molecule has 1 aromatic carbocycles. The van der Waals surface area contributed by atoms with E-state index in [1.165, 1.54) is 11.1 Å². The van der Waals surface area contributed by atoms with Crippen LogP contribution >= 0.6 is 11.6 Å². The minimum absolute atomic E-state index is 0.0212. The van der Waals surface area contributed by atoms with E-state index < -0.39 is 0 Å². The Balaban J connectivity index is 1.84. The summed E-state index contributed by atoms with van der Waals surface area (Å²) in [5, 5.41) is 0.794. The first kappa shape index (κ1) is 10.6. The van der Waals surface area contributed by atoms with Crippen molar-refractivity contribution >= 4 is 11.6 Å². The number of hydrogen-bond donors (Lipinski definition) is 0. The largest absolute Gasteiger partial charge is 0.353 e. The van der Waals surface area contributed by atoms with Gasteiger partial charge in [-0.2, -0.15) is 0 Å². The zero-order chi connectivity index (χ0) is 11.1. The maximum absolute atomic E-state index is 6.02.